The summed E-state index contributed by atoms with van der Waals surface area (Å²) in [5, 5.41) is 12.9. The number of aryl methyl sites for hydroxylation is 1. The number of alkyl halides is 3. The lowest BCUT2D eigenvalue weighted by Gasteiger charge is -2.16. The van der Waals surface area contributed by atoms with Gasteiger partial charge in [0.25, 0.3) is 0 Å². The highest BCUT2D eigenvalue weighted by atomic mass is 19.4. The SMILES string of the molecule is O=C(Cc1c(-c2ccccc2)c2cc3c(cc2oc1=O)C(O)CC3)Nc1ccc(F)cc1C(F)(F)F. The lowest BCUT2D eigenvalue weighted by Crippen LogP contribution is -2.22. The van der Waals surface area contributed by atoms with Crippen molar-refractivity contribution in [2.75, 3.05) is 5.32 Å². The van der Waals surface area contributed by atoms with Gasteiger partial charge < -0.3 is 14.8 Å². The molecule has 0 aliphatic heterocycles. The van der Waals surface area contributed by atoms with Crippen LogP contribution in [0.25, 0.3) is 22.1 Å². The maximum absolute atomic E-state index is 13.4. The minimum absolute atomic E-state index is 0.0274. The lowest BCUT2D eigenvalue weighted by molar-refractivity contribution is -0.137. The molecule has 1 aromatic heterocycles. The monoisotopic (exact) mass is 497 g/mol. The van der Waals surface area contributed by atoms with Crippen molar-refractivity contribution >= 4 is 22.6 Å². The Kier molecular flexibility index (Phi) is 5.88. The van der Waals surface area contributed by atoms with Crippen LogP contribution in [0, 0.1) is 5.82 Å². The fourth-order valence-corrected chi connectivity index (χ4v) is 4.63. The third kappa shape index (κ3) is 4.37. The number of rotatable bonds is 4. The summed E-state index contributed by atoms with van der Waals surface area (Å²) in [5.41, 5.74) is 0.0421. The molecule has 3 aromatic carbocycles. The zero-order valence-corrected chi connectivity index (χ0v) is 18.7. The standard InChI is InChI=1S/C27H19F4NO4/c28-16-7-8-21(20(11-16)27(29,30)31)32-24(34)13-19-25(14-4-2-1-3-5-14)18-10-15-6-9-22(33)17(15)12-23(18)36-26(19)35/h1-5,7-8,10-12,22,33H,6,9,13H2,(H,32,34). The van der Waals surface area contributed by atoms with E-state index < -0.39 is 47.3 Å². The van der Waals surface area contributed by atoms with Crippen LogP contribution in [0.3, 0.4) is 0 Å². The molecule has 2 N–H and O–H groups in total. The second-order valence-electron chi connectivity index (χ2n) is 8.62. The first-order valence-corrected chi connectivity index (χ1v) is 11.1. The van der Waals surface area contributed by atoms with Gasteiger partial charge in [0.05, 0.1) is 29.3 Å². The molecule has 9 heteroatoms. The Balaban J connectivity index is 1.61. The van der Waals surface area contributed by atoms with Crippen LogP contribution < -0.4 is 10.9 Å². The second-order valence-corrected chi connectivity index (χ2v) is 8.62. The topological polar surface area (TPSA) is 79.5 Å². The Morgan fingerprint density at radius 1 is 1.08 bits per heavy atom. The molecule has 0 fully saturated rings. The van der Waals surface area contributed by atoms with Crippen molar-refractivity contribution in [2.24, 2.45) is 0 Å². The summed E-state index contributed by atoms with van der Waals surface area (Å²) < 4.78 is 59.0. The zero-order chi connectivity index (χ0) is 25.6. The normalized spacial score (nSPS) is 15.2. The number of fused-ring (bicyclic) bond motifs is 2. The van der Waals surface area contributed by atoms with Gasteiger partial charge in [-0.2, -0.15) is 13.2 Å². The number of carbonyl (C=O) groups is 1. The van der Waals surface area contributed by atoms with Crippen molar-refractivity contribution in [3.8, 4) is 11.1 Å². The molecule has 36 heavy (non-hydrogen) atoms. The first-order chi connectivity index (χ1) is 17.1. The van der Waals surface area contributed by atoms with Gasteiger partial charge in [0.15, 0.2) is 0 Å². The Morgan fingerprint density at radius 3 is 2.56 bits per heavy atom. The number of anilines is 1. The van der Waals surface area contributed by atoms with Crippen molar-refractivity contribution < 1.29 is 31.9 Å². The van der Waals surface area contributed by atoms with Gasteiger partial charge in [-0.15, -0.1) is 0 Å². The number of aliphatic hydroxyl groups excluding tert-OH is 1. The van der Waals surface area contributed by atoms with Crippen LogP contribution in [0.2, 0.25) is 0 Å². The second kappa shape index (κ2) is 8.91. The third-order valence-electron chi connectivity index (χ3n) is 6.27. The van der Waals surface area contributed by atoms with Gasteiger partial charge in [0.1, 0.15) is 11.4 Å². The van der Waals surface area contributed by atoms with Crippen LogP contribution in [0.4, 0.5) is 23.2 Å². The molecular weight excluding hydrogens is 478 g/mol. The van der Waals surface area contributed by atoms with Crippen molar-refractivity contribution in [2.45, 2.75) is 31.5 Å². The summed E-state index contributed by atoms with van der Waals surface area (Å²) in [4.78, 5) is 25.9. The summed E-state index contributed by atoms with van der Waals surface area (Å²) in [6.45, 7) is 0. The Morgan fingerprint density at radius 2 is 1.83 bits per heavy atom. The summed E-state index contributed by atoms with van der Waals surface area (Å²) in [7, 11) is 0. The highest BCUT2D eigenvalue weighted by Gasteiger charge is 2.34. The average Bonchev–Trinajstić information content (AvgIpc) is 3.19. The van der Waals surface area contributed by atoms with Crippen LogP contribution in [0.1, 0.15) is 34.8 Å². The van der Waals surface area contributed by atoms with E-state index in [1.807, 2.05) is 6.07 Å². The van der Waals surface area contributed by atoms with E-state index >= 15 is 0 Å². The van der Waals surface area contributed by atoms with Crippen molar-refractivity contribution in [1.29, 1.82) is 0 Å². The van der Waals surface area contributed by atoms with E-state index in [1.54, 1.807) is 36.4 Å². The molecule has 4 aromatic rings. The third-order valence-corrected chi connectivity index (χ3v) is 6.27. The number of carbonyl (C=O) groups excluding carboxylic acids is 1. The van der Waals surface area contributed by atoms with Crippen molar-refractivity contribution in [3.05, 3.63) is 99.2 Å². The van der Waals surface area contributed by atoms with Crippen LogP contribution in [0.15, 0.2) is 69.9 Å². The fraction of sp³-hybridized carbons (Fsp3) is 0.185. The Hall–Kier alpha value is -3.98. The smallest absolute Gasteiger partial charge is 0.418 e. The van der Waals surface area contributed by atoms with Gasteiger partial charge in [-0.05, 0) is 59.9 Å². The Labute approximate surface area is 202 Å². The molecule has 1 aliphatic carbocycles. The van der Waals surface area contributed by atoms with Gasteiger partial charge in [-0.1, -0.05) is 30.3 Å². The number of amides is 1. The molecular formula is C27H19F4NO4. The number of benzene rings is 3. The maximum Gasteiger partial charge on any atom is 0.418 e. The summed E-state index contributed by atoms with van der Waals surface area (Å²) in [6.07, 6.45) is -4.98. The van der Waals surface area contributed by atoms with E-state index in [1.165, 1.54) is 0 Å². The minimum Gasteiger partial charge on any atom is -0.422 e. The molecule has 0 saturated carbocycles. The molecule has 5 rings (SSSR count). The largest absolute Gasteiger partial charge is 0.422 e. The summed E-state index contributed by atoms with van der Waals surface area (Å²) in [6, 6.07) is 14.2. The van der Waals surface area contributed by atoms with E-state index in [2.05, 4.69) is 5.32 Å². The van der Waals surface area contributed by atoms with Crippen molar-refractivity contribution in [3.63, 3.8) is 0 Å². The van der Waals surface area contributed by atoms with E-state index in [4.69, 9.17) is 4.42 Å². The number of hydrogen-bond acceptors (Lipinski definition) is 4. The number of halogens is 4. The molecule has 0 bridgehead atoms. The molecule has 1 heterocycles. The molecule has 1 amide bonds. The van der Waals surface area contributed by atoms with Gasteiger partial charge in [0.2, 0.25) is 5.91 Å². The number of aliphatic hydroxyl groups is 1. The highest BCUT2D eigenvalue weighted by Crippen LogP contribution is 2.39. The number of nitrogens with one attached hydrogen (secondary N) is 1. The average molecular weight is 497 g/mol. The predicted molar refractivity (Wildman–Crippen MR) is 125 cm³/mol. The number of hydrogen-bond donors (Lipinski definition) is 2. The lowest BCUT2D eigenvalue weighted by atomic mass is 9.93. The van der Waals surface area contributed by atoms with Crippen molar-refractivity contribution in [1.82, 2.24) is 0 Å². The molecule has 0 saturated heterocycles. The van der Waals surface area contributed by atoms with E-state index in [9.17, 15) is 32.3 Å². The molecule has 5 nitrogen and oxygen atoms in total. The molecule has 1 unspecified atom stereocenters. The predicted octanol–water partition coefficient (Wildman–Crippen LogP) is 5.78. The first-order valence-electron chi connectivity index (χ1n) is 11.1. The Bertz CT molecular complexity index is 1540. The maximum atomic E-state index is 13.4. The van der Waals surface area contributed by atoms with Crippen LogP contribution in [0.5, 0.6) is 0 Å². The van der Waals surface area contributed by atoms with Gasteiger partial charge in [0, 0.05) is 10.9 Å². The quantitative estimate of drug-likeness (QED) is 0.277. The van der Waals surface area contributed by atoms with E-state index in [-0.39, 0.29) is 11.1 Å². The molecule has 184 valence electrons. The minimum atomic E-state index is -4.90. The van der Waals surface area contributed by atoms with Gasteiger partial charge >= 0.3 is 11.8 Å². The molecule has 0 spiro atoms. The van der Waals surface area contributed by atoms with Gasteiger partial charge in [-0.3, -0.25) is 4.79 Å². The van der Waals surface area contributed by atoms with E-state index in [0.717, 1.165) is 17.7 Å². The summed E-state index contributed by atoms with van der Waals surface area (Å²) >= 11 is 0. The van der Waals surface area contributed by atoms with Crippen LogP contribution in [-0.4, -0.2) is 11.0 Å². The zero-order valence-electron chi connectivity index (χ0n) is 18.7. The molecule has 1 atom stereocenters. The molecule has 1 aliphatic rings. The fourth-order valence-electron chi connectivity index (χ4n) is 4.63. The van der Waals surface area contributed by atoms with Gasteiger partial charge in [-0.25, -0.2) is 9.18 Å². The van der Waals surface area contributed by atoms with E-state index in [0.29, 0.717) is 41.0 Å². The summed E-state index contributed by atoms with van der Waals surface area (Å²) in [5.74, 6) is -1.99. The molecule has 0 radical (unpaired) electrons. The van der Waals surface area contributed by atoms with Crippen LogP contribution in [-0.2, 0) is 23.8 Å². The first kappa shape index (κ1) is 23.7. The van der Waals surface area contributed by atoms with Crippen LogP contribution >= 0.6 is 0 Å². The highest BCUT2D eigenvalue weighted by molar-refractivity contribution is 5.99.